The Morgan fingerprint density at radius 1 is 1.44 bits per heavy atom. The number of likely N-dealkylation sites (N-methyl/N-ethyl adjacent to an activating group) is 1. The van der Waals surface area contributed by atoms with E-state index in [4.69, 9.17) is 5.11 Å². The van der Waals surface area contributed by atoms with Gasteiger partial charge in [-0.3, -0.25) is 4.79 Å². The summed E-state index contributed by atoms with van der Waals surface area (Å²) in [6.45, 7) is 5.09. The Morgan fingerprint density at radius 2 is 2.11 bits per heavy atom. The van der Waals surface area contributed by atoms with Crippen molar-refractivity contribution in [1.82, 2.24) is 4.90 Å². The minimum atomic E-state index is -0.926. The third kappa shape index (κ3) is 1.96. The van der Waals surface area contributed by atoms with E-state index in [1.54, 1.807) is 23.4 Å². The fourth-order valence-corrected chi connectivity index (χ4v) is 2.98. The largest absolute Gasteiger partial charge is 0.477 e. The molecule has 1 aromatic rings. The molecule has 0 bridgehead atoms. The molecule has 0 spiro atoms. The molecule has 5 nitrogen and oxygen atoms in total. The van der Waals surface area contributed by atoms with Crippen molar-refractivity contribution in [3.63, 3.8) is 0 Å². The van der Waals surface area contributed by atoms with Crippen molar-refractivity contribution in [2.45, 2.75) is 19.4 Å². The van der Waals surface area contributed by atoms with E-state index in [2.05, 4.69) is 0 Å². The Balaban J connectivity index is 2.32. The first-order valence-corrected chi connectivity index (χ1v) is 6.57. The number of amides is 1. The van der Waals surface area contributed by atoms with Gasteiger partial charge in [-0.25, -0.2) is 4.79 Å². The van der Waals surface area contributed by atoms with Crippen molar-refractivity contribution in [3.05, 3.63) is 16.3 Å². The van der Waals surface area contributed by atoms with Crippen molar-refractivity contribution >= 4 is 28.9 Å². The number of rotatable bonds is 2. The molecule has 1 aliphatic heterocycles. The molecule has 1 aliphatic rings. The van der Waals surface area contributed by atoms with Crippen LogP contribution < -0.4 is 4.90 Å². The van der Waals surface area contributed by atoms with Gasteiger partial charge in [0.2, 0.25) is 5.91 Å². The summed E-state index contributed by atoms with van der Waals surface area (Å²) in [5, 5.41) is 10.7. The number of aromatic carboxylic acids is 1. The first-order chi connectivity index (χ1) is 8.34. The zero-order valence-electron chi connectivity index (χ0n) is 10.6. The highest BCUT2D eigenvalue weighted by Gasteiger charge is 2.40. The monoisotopic (exact) mass is 268 g/mol. The van der Waals surface area contributed by atoms with Gasteiger partial charge in [-0.1, -0.05) is 0 Å². The minimum Gasteiger partial charge on any atom is -0.477 e. The van der Waals surface area contributed by atoms with Crippen molar-refractivity contribution in [3.8, 4) is 0 Å². The van der Waals surface area contributed by atoms with E-state index in [1.165, 1.54) is 11.3 Å². The van der Waals surface area contributed by atoms with Crippen LogP contribution in [0.2, 0.25) is 0 Å². The summed E-state index contributed by atoms with van der Waals surface area (Å²) in [7, 11) is 1.79. The Bertz CT molecular complexity index is 495. The van der Waals surface area contributed by atoms with Crippen LogP contribution in [0.15, 0.2) is 11.4 Å². The Kier molecular flexibility index (Phi) is 3.06. The van der Waals surface area contributed by atoms with Crippen LogP contribution in [0, 0.1) is 0 Å². The molecule has 0 atom stereocenters. The van der Waals surface area contributed by atoms with Crippen LogP contribution in [0.4, 0.5) is 5.69 Å². The summed E-state index contributed by atoms with van der Waals surface area (Å²) >= 11 is 1.19. The lowest BCUT2D eigenvalue weighted by Crippen LogP contribution is -2.62. The highest BCUT2D eigenvalue weighted by molar-refractivity contribution is 7.12. The van der Waals surface area contributed by atoms with Gasteiger partial charge in [0.05, 0.1) is 0 Å². The van der Waals surface area contributed by atoms with Crippen molar-refractivity contribution in [2.75, 3.05) is 25.0 Å². The molecule has 0 unspecified atom stereocenters. The first kappa shape index (κ1) is 12.9. The smallest absolute Gasteiger partial charge is 0.345 e. The van der Waals surface area contributed by atoms with Crippen LogP contribution >= 0.6 is 11.3 Å². The fourth-order valence-electron chi connectivity index (χ4n) is 2.25. The molecule has 6 heteroatoms. The lowest BCUT2D eigenvalue weighted by Gasteiger charge is -2.45. The third-order valence-corrected chi connectivity index (χ3v) is 4.22. The van der Waals surface area contributed by atoms with Gasteiger partial charge in [-0.05, 0) is 19.9 Å². The summed E-state index contributed by atoms with van der Waals surface area (Å²) in [5.74, 6) is -0.874. The molecule has 1 N–H and O–H groups in total. The van der Waals surface area contributed by atoms with E-state index in [0.717, 1.165) is 5.69 Å². The average Bonchev–Trinajstić information content (AvgIpc) is 2.75. The molecule has 2 rings (SSSR count). The predicted octanol–water partition coefficient (Wildman–Crippen LogP) is 1.50. The molecule has 0 aromatic carbocycles. The van der Waals surface area contributed by atoms with Crippen molar-refractivity contribution in [1.29, 1.82) is 0 Å². The molecule has 1 aromatic heterocycles. The summed E-state index contributed by atoms with van der Waals surface area (Å²) < 4.78 is 0. The number of anilines is 1. The quantitative estimate of drug-likeness (QED) is 0.883. The predicted molar refractivity (Wildman–Crippen MR) is 70.3 cm³/mol. The van der Waals surface area contributed by atoms with E-state index in [0.29, 0.717) is 18.0 Å². The number of nitrogens with zero attached hydrogens (tertiary/aromatic N) is 2. The number of hydrogen-bond acceptors (Lipinski definition) is 4. The number of carbonyl (C=O) groups is 2. The SMILES string of the molecule is CN1CCN(c2csc(C(=O)O)c2)C(C)(C)C1=O. The van der Waals surface area contributed by atoms with Gasteiger partial charge in [0.1, 0.15) is 10.4 Å². The number of hydrogen-bond donors (Lipinski definition) is 1. The standard InChI is InChI=1S/C12H16N2O3S/c1-12(2)11(17)13(3)4-5-14(12)8-6-9(10(15)16)18-7-8/h6-7H,4-5H2,1-3H3,(H,15,16). The van der Waals surface area contributed by atoms with E-state index in [9.17, 15) is 9.59 Å². The van der Waals surface area contributed by atoms with Gasteiger partial charge in [0.15, 0.2) is 0 Å². The van der Waals surface area contributed by atoms with Gasteiger partial charge < -0.3 is 14.9 Å². The maximum atomic E-state index is 12.1. The van der Waals surface area contributed by atoms with Crippen LogP contribution in [-0.2, 0) is 4.79 Å². The van der Waals surface area contributed by atoms with Crippen LogP contribution in [0.1, 0.15) is 23.5 Å². The van der Waals surface area contributed by atoms with Gasteiger partial charge in [0.25, 0.3) is 0 Å². The molecule has 0 radical (unpaired) electrons. The van der Waals surface area contributed by atoms with Crippen molar-refractivity contribution < 1.29 is 14.7 Å². The van der Waals surface area contributed by atoms with Crippen LogP contribution in [0.5, 0.6) is 0 Å². The van der Waals surface area contributed by atoms with Crippen LogP contribution in [0.25, 0.3) is 0 Å². The lowest BCUT2D eigenvalue weighted by atomic mass is 9.97. The van der Waals surface area contributed by atoms with Gasteiger partial charge in [-0.15, -0.1) is 11.3 Å². The number of carboxylic acid groups (broad SMARTS) is 1. The molecular weight excluding hydrogens is 252 g/mol. The molecule has 1 saturated heterocycles. The molecule has 0 aliphatic carbocycles. The second kappa shape index (κ2) is 4.28. The maximum Gasteiger partial charge on any atom is 0.345 e. The molecule has 1 amide bonds. The highest BCUT2D eigenvalue weighted by Crippen LogP contribution is 2.31. The number of carboxylic acids is 1. The molecule has 0 saturated carbocycles. The highest BCUT2D eigenvalue weighted by atomic mass is 32.1. The molecule has 98 valence electrons. The Hall–Kier alpha value is -1.56. The first-order valence-electron chi connectivity index (χ1n) is 5.69. The van der Waals surface area contributed by atoms with E-state index >= 15 is 0 Å². The van der Waals surface area contributed by atoms with Gasteiger partial charge in [-0.2, -0.15) is 0 Å². The summed E-state index contributed by atoms with van der Waals surface area (Å²) in [6, 6.07) is 1.63. The zero-order valence-corrected chi connectivity index (χ0v) is 11.5. The minimum absolute atomic E-state index is 0.0526. The summed E-state index contributed by atoms with van der Waals surface area (Å²) in [4.78, 5) is 27.0. The zero-order chi connectivity index (χ0) is 13.5. The molecular formula is C12H16N2O3S. The summed E-state index contributed by atoms with van der Waals surface area (Å²) in [5.41, 5.74) is 0.174. The summed E-state index contributed by atoms with van der Waals surface area (Å²) in [6.07, 6.45) is 0. The second-order valence-corrected chi connectivity index (χ2v) is 5.82. The van der Waals surface area contributed by atoms with Crippen LogP contribution in [-0.4, -0.2) is 47.6 Å². The molecule has 2 heterocycles. The lowest BCUT2D eigenvalue weighted by molar-refractivity contribution is -0.136. The van der Waals surface area contributed by atoms with Gasteiger partial charge in [0, 0.05) is 31.2 Å². The number of thiophene rings is 1. The van der Waals surface area contributed by atoms with E-state index in [-0.39, 0.29) is 5.91 Å². The second-order valence-electron chi connectivity index (χ2n) is 4.91. The Morgan fingerprint density at radius 3 is 2.67 bits per heavy atom. The van der Waals surface area contributed by atoms with E-state index in [1.807, 2.05) is 18.7 Å². The average molecular weight is 268 g/mol. The number of carbonyl (C=O) groups excluding carboxylic acids is 1. The molecule has 1 fully saturated rings. The Labute approximate surface area is 110 Å². The van der Waals surface area contributed by atoms with E-state index < -0.39 is 11.5 Å². The third-order valence-electron chi connectivity index (χ3n) is 3.31. The molecule has 18 heavy (non-hydrogen) atoms. The number of piperazine rings is 1. The van der Waals surface area contributed by atoms with Crippen molar-refractivity contribution in [2.24, 2.45) is 0 Å². The topological polar surface area (TPSA) is 60.9 Å². The normalized spacial score (nSPS) is 19.2. The maximum absolute atomic E-state index is 12.1. The van der Waals surface area contributed by atoms with Crippen LogP contribution in [0.3, 0.4) is 0 Å². The van der Waals surface area contributed by atoms with Gasteiger partial charge >= 0.3 is 5.97 Å². The fraction of sp³-hybridized carbons (Fsp3) is 0.500.